The van der Waals surface area contributed by atoms with Crippen LogP contribution in [0.1, 0.15) is 53.9 Å². The highest BCUT2D eigenvalue weighted by molar-refractivity contribution is 5.86. The van der Waals surface area contributed by atoms with Gasteiger partial charge in [-0.15, -0.1) is 0 Å². The van der Waals surface area contributed by atoms with Gasteiger partial charge in [-0.2, -0.15) is 0 Å². The van der Waals surface area contributed by atoms with Gasteiger partial charge in [0.25, 0.3) is 0 Å². The minimum atomic E-state index is 0.276. The molecule has 114 valence electrons. The first kappa shape index (κ1) is 14.8. The number of aliphatic imine (C=N–C) groups is 1. The number of aromatic hydroxyl groups is 1. The van der Waals surface area contributed by atoms with Crippen LogP contribution in [0.25, 0.3) is 0 Å². The molecule has 0 atom stereocenters. The predicted octanol–water partition coefficient (Wildman–Crippen LogP) is 5.42. The van der Waals surface area contributed by atoms with Crippen molar-refractivity contribution < 1.29 is 5.11 Å². The van der Waals surface area contributed by atoms with Gasteiger partial charge >= 0.3 is 0 Å². The summed E-state index contributed by atoms with van der Waals surface area (Å²) in [6, 6.07) is 11.8. The standard InChI is InChI=1S/C20H23NO/c1-14-11-15(2)20(18(12-14)16-7-3-4-8-16)21-13-17-9-5-6-10-19(17)22/h5-6,9-13,16,22H,3-4,7-8H2,1-2H3. The molecule has 1 N–H and O–H groups in total. The fourth-order valence-corrected chi connectivity index (χ4v) is 3.45. The summed E-state index contributed by atoms with van der Waals surface area (Å²) in [6.45, 7) is 4.28. The van der Waals surface area contributed by atoms with E-state index in [1.165, 1.54) is 42.4 Å². The van der Waals surface area contributed by atoms with Crippen molar-refractivity contribution in [1.82, 2.24) is 0 Å². The maximum Gasteiger partial charge on any atom is 0.124 e. The third-order valence-corrected chi connectivity index (χ3v) is 4.54. The molecule has 0 heterocycles. The molecule has 0 amide bonds. The lowest BCUT2D eigenvalue weighted by atomic mass is 9.92. The van der Waals surface area contributed by atoms with E-state index in [0.29, 0.717) is 5.92 Å². The number of phenolic OH excluding ortho intramolecular Hbond substituents is 1. The van der Waals surface area contributed by atoms with E-state index in [0.717, 1.165) is 11.3 Å². The number of para-hydroxylation sites is 1. The van der Waals surface area contributed by atoms with E-state index in [9.17, 15) is 5.11 Å². The Labute approximate surface area is 132 Å². The van der Waals surface area contributed by atoms with Crippen LogP contribution in [0.2, 0.25) is 0 Å². The third kappa shape index (κ3) is 3.06. The number of hydrogen-bond acceptors (Lipinski definition) is 2. The maximum atomic E-state index is 9.89. The SMILES string of the molecule is Cc1cc(C)c(N=Cc2ccccc2O)c(C2CCCC2)c1. The van der Waals surface area contributed by atoms with E-state index in [4.69, 9.17) is 4.99 Å². The van der Waals surface area contributed by atoms with Gasteiger partial charge in [-0.25, -0.2) is 0 Å². The van der Waals surface area contributed by atoms with Gasteiger partial charge in [0, 0.05) is 11.8 Å². The van der Waals surface area contributed by atoms with Crippen LogP contribution in [0.4, 0.5) is 5.69 Å². The van der Waals surface area contributed by atoms with Gasteiger partial charge in [-0.1, -0.05) is 42.7 Å². The molecule has 0 radical (unpaired) electrons. The summed E-state index contributed by atoms with van der Waals surface area (Å²) in [5.74, 6) is 0.911. The molecule has 0 saturated heterocycles. The van der Waals surface area contributed by atoms with Gasteiger partial charge in [0.1, 0.15) is 5.75 Å². The van der Waals surface area contributed by atoms with Crippen LogP contribution in [0.15, 0.2) is 41.4 Å². The van der Waals surface area contributed by atoms with E-state index in [1.54, 1.807) is 12.3 Å². The van der Waals surface area contributed by atoms with Crippen molar-refractivity contribution in [3.8, 4) is 5.75 Å². The molecule has 0 aromatic heterocycles. The van der Waals surface area contributed by atoms with E-state index in [-0.39, 0.29) is 5.75 Å². The monoisotopic (exact) mass is 293 g/mol. The molecule has 0 aliphatic heterocycles. The molecule has 1 fully saturated rings. The Morgan fingerprint density at radius 3 is 2.55 bits per heavy atom. The summed E-state index contributed by atoms with van der Waals surface area (Å²) in [5, 5.41) is 9.89. The zero-order valence-electron chi connectivity index (χ0n) is 13.3. The van der Waals surface area contributed by atoms with Gasteiger partial charge in [-0.05, 0) is 55.9 Å². The number of hydrogen-bond donors (Lipinski definition) is 1. The molecule has 0 spiro atoms. The molecule has 0 bridgehead atoms. The largest absolute Gasteiger partial charge is 0.507 e. The van der Waals surface area contributed by atoms with Crippen LogP contribution in [-0.2, 0) is 0 Å². The van der Waals surface area contributed by atoms with Crippen molar-refractivity contribution in [3.63, 3.8) is 0 Å². The van der Waals surface area contributed by atoms with Crippen molar-refractivity contribution in [2.24, 2.45) is 4.99 Å². The van der Waals surface area contributed by atoms with Crippen LogP contribution in [0, 0.1) is 13.8 Å². The fraction of sp³-hybridized carbons (Fsp3) is 0.350. The first-order valence-electron chi connectivity index (χ1n) is 8.08. The molecule has 2 aromatic carbocycles. The minimum Gasteiger partial charge on any atom is -0.507 e. The normalized spacial score (nSPS) is 15.7. The van der Waals surface area contributed by atoms with Crippen LogP contribution in [0.3, 0.4) is 0 Å². The van der Waals surface area contributed by atoms with Gasteiger partial charge in [0.15, 0.2) is 0 Å². The van der Waals surface area contributed by atoms with E-state index < -0.39 is 0 Å². The van der Waals surface area contributed by atoms with E-state index in [1.807, 2.05) is 18.2 Å². The van der Waals surface area contributed by atoms with Gasteiger partial charge in [0.2, 0.25) is 0 Å². The summed E-state index contributed by atoms with van der Waals surface area (Å²) in [4.78, 5) is 4.74. The van der Waals surface area contributed by atoms with E-state index in [2.05, 4.69) is 26.0 Å². The van der Waals surface area contributed by atoms with E-state index >= 15 is 0 Å². The molecule has 2 aromatic rings. The summed E-state index contributed by atoms with van der Waals surface area (Å²) in [7, 11) is 0. The Bertz CT molecular complexity index is 697. The highest BCUT2D eigenvalue weighted by Gasteiger charge is 2.21. The van der Waals surface area contributed by atoms with Crippen LogP contribution >= 0.6 is 0 Å². The highest BCUT2D eigenvalue weighted by atomic mass is 16.3. The second-order valence-electron chi connectivity index (χ2n) is 6.32. The zero-order chi connectivity index (χ0) is 15.5. The average Bonchev–Trinajstić information content (AvgIpc) is 3.01. The number of phenols is 1. The van der Waals surface area contributed by atoms with Crippen molar-refractivity contribution in [2.75, 3.05) is 0 Å². The zero-order valence-corrected chi connectivity index (χ0v) is 13.3. The lowest BCUT2D eigenvalue weighted by Crippen LogP contribution is -1.96. The predicted molar refractivity (Wildman–Crippen MR) is 92.5 cm³/mol. The maximum absolute atomic E-state index is 9.89. The molecule has 2 nitrogen and oxygen atoms in total. The molecule has 1 saturated carbocycles. The average molecular weight is 293 g/mol. The lowest BCUT2D eigenvalue weighted by Gasteiger charge is -2.16. The molecule has 1 aliphatic rings. The number of aryl methyl sites for hydroxylation is 2. The number of rotatable bonds is 3. The molecular formula is C20H23NO. The summed E-state index contributed by atoms with van der Waals surface area (Å²) >= 11 is 0. The smallest absolute Gasteiger partial charge is 0.124 e. The molecule has 2 heteroatoms. The summed E-state index contributed by atoms with van der Waals surface area (Å²) < 4.78 is 0. The van der Waals surface area contributed by atoms with Crippen molar-refractivity contribution in [3.05, 3.63) is 58.7 Å². The van der Waals surface area contributed by atoms with Crippen LogP contribution in [0.5, 0.6) is 5.75 Å². The second kappa shape index (κ2) is 6.35. The van der Waals surface area contributed by atoms with Gasteiger partial charge < -0.3 is 5.11 Å². The summed E-state index contributed by atoms with van der Waals surface area (Å²) in [5.41, 5.74) is 5.75. The van der Waals surface area contributed by atoms with Gasteiger partial charge in [-0.3, -0.25) is 4.99 Å². The molecule has 0 unspecified atom stereocenters. The summed E-state index contributed by atoms with van der Waals surface area (Å²) in [6.07, 6.45) is 6.95. The Hall–Kier alpha value is -2.09. The third-order valence-electron chi connectivity index (χ3n) is 4.54. The van der Waals surface area contributed by atoms with Gasteiger partial charge in [0.05, 0.1) is 5.69 Å². The van der Waals surface area contributed by atoms with Crippen LogP contribution in [-0.4, -0.2) is 11.3 Å². The first-order valence-corrected chi connectivity index (χ1v) is 8.08. The van der Waals surface area contributed by atoms with Crippen molar-refractivity contribution in [1.29, 1.82) is 0 Å². The molecule has 3 rings (SSSR count). The quantitative estimate of drug-likeness (QED) is 0.753. The fourth-order valence-electron chi connectivity index (χ4n) is 3.45. The Balaban J connectivity index is 2.00. The number of benzene rings is 2. The highest BCUT2D eigenvalue weighted by Crippen LogP contribution is 2.40. The number of nitrogens with zero attached hydrogens (tertiary/aromatic N) is 1. The Morgan fingerprint density at radius 1 is 1.09 bits per heavy atom. The molecule has 1 aliphatic carbocycles. The van der Waals surface area contributed by atoms with Crippen molar-refractivity contribution >= 4 is 11.9 Å². The molecule has 22 heavy (non-hydrogen) atoms. The minimum absolute atomic E-state index is 0.276. The topological polar surface area (TPSA) is 32.6 Å². The second-order valence-corrected chi connectivity index (χ2v) is 6.32. The molecular weight excluding hydrogens is 270 g/mol. The Kier molecular flexibility index (Phi) is 4.28. The lowest BCUT2D eigenvalue weighted by molar-refractivity contribution is 0.474. The Morgan fingerprint density at radius 2 is 1.82 bits per heavy atom. The van der Waals surface area contributed by atoms with Crippen molar-refractivity contribution in [2.45, 2.75) is 45.4 Å². The first-order chi connectivity index (χ1) is 10.6. The van der Waals surface area contributed by atoms with Crippen LogP contribution < -0.4 is 0 Å².